The third-order valence-electron chi connectivity index (χ3n) is 3.47. The Morgan fingerprint density at radius 3 is 2.30 bits per heavy atom. The molecule has 1 aromatic heterocycles. The smallest absolute Gasteiger partial charge is 0.199 e. The molecular formula is C17H10F3NO2. The van der Waals surface area contributed by atoms with Crippen LogP contribution in [-0.2, 0) is 6.54 Å². The summed E-state index contributed by atoms with van der Waals surface area (Å²) in [6.45, 7) is -0.0181. The highest BCUT2D eigenvalue weighted by molar-refractivity contribution is 5.86. The number of aldehydes is 1. The maximum Gasteiger partial charge on any atom is 0.199 e. The summed E-state index contributed by atoms with van der Waals surface area (Å²) in [5.74, 6) is -2.05. The quantitative estimate of drug-likeness (QED) is 0.696. The van der Waals surface area contributed by atoms with Gasteiger partial charge in [0.1, 0.15) is 17.5 Å². The fourth-order valence-corrected chi connectivity index (χ4v) is 2.50. The zero-order valence-corrected chi connectivity index (χ0v) is 11.7. The monoisotopic (exact) mass is 317 g/mol. The van der Waals surface area contributed by atoms with Crippen LogP contribution < -0.4 is 5.43 Å². The average Bonchev–Trinajstić information content (AvgIpc) is 2.49. The van der Waals surface area contributed by atoms with Crippen LogP contribution in [0.25, 0.3) is 10.9 Å². The molecule has 23 heavy (non-hydrogen) atoms. The van der Waals surface area contributed by atoms with Crippen LogP contribution >= 0.6 is 0 Å². The van der Waals surface area contributed by atoms with Crippen molar-refractivity contribution in [2.24, 2.45) is 0 Å². The lowest BCUT2D eigenvalue weighted by Gasteiger charge is -2.12. The SMILES string of the molecule is O=Cc1cn(Cc2cc(F)cc(F)c2)c2cc(F)ccc2c1=O. The van der Waals surface area contributed by atoms with Crippen molar-refractivity contribution in [1.82, 2.24) is 4.57 Å². The van der Waals surface area contributed by atoms with Gasteiger partial charge in [0.25, 0.3) is 0 Å². The van der Waals surface area contributed by atoms with Gasteiger partial charge >= 0.3 is 0 Å². The van der Waals surface area contributed by atoms with E-state index in [1.807, 2.05) is 0 Å². The van der Waals surface area contributed by atoms with Crippen LogP contribution in [0.3, 0.4) is 0 Å². The molecule has 3 nitrogen and oxygen atoms in total. The molecule has 0 aliphatic rings. The van der Waals surface area contributed by atoms with Crippen molar-refractivity contribution < 1.29 is 18.0 Å². The summed E-state index contributed by atoms with van der Waals surface area (Å²) in [5.41, 5.74) is -0.100. The Hall–Kier alpha value is -2.89. The molecule has 0 saturated heterocycles. The summed E-state index contributed by atoms with van der Waals surface area (Å²) in [6.07, 6.45) is 1.65. The van der Waals surface area contributed by atoms with E-state index in [1.165, 1.54) is 16.8 Å². The van der Waals surface area contributed by atoms with E-state index in [-0.39, 0.29) is 28.6 Å². The molecule has 0 aliphatic carbocycles. The molecule has 0 saturated carbocycles. The molecule has 0 spiro atoms. The van der Waals surface area contributed by atoms with Crippen molar-refractivity contribution in [3.63, 3.8) is 0 Å². The fourth-order valence-electron chi connectivity index (χ4n) is 2.50. The van der Waals surface area contributed by atoms with E-state index in [0.717, 1.165) is 30.3 Å². The van der Waals surface area contributed by atoms with Crippen molar-refractivity contribution in [3.05, 3.63) is 81.4 Å². The van der Waals surface area contributed by atoms with Gasteiger partial charge in [0.05, 0.1) is 11.1 Å². The van der Waals surface area contributed by atoms with Crippen molar-refractivity contribution in [2.75, 3.05) is 0 Å². The lowest BCUT2D eigenvalue weighted by atomic mass is 10.1. The highest BCUT2D eigenvalue weighted by Crippen LogP contribution is 2.16. The molecule has 0 N–H and O–H groups in total. The van der Waals surface area contributed by atoms with Gasteiger partial charge in [0.2, 0.25) is 0 Å². The second-order valence-corrected chi connectivity index (χ2v) is 5.10. The highest BCUT2D eigenvalue weighted by atomic mass is 19.1. The molecule has 3 aromatic rings. The minimum Gasteiger partial charge on any atom is -0.342 e. The van der Waals surface area contributed by atoms with Gasteiger partial charge in [-0.2, -0.15) is 0 Å². The Morgan fingerprint density at radius 1 is 0.957 bits per heavy atom. The summed E-state index contributed by atoms with van der Waals surface area (Å²) in [7, 11) is 0. The van der Waals surface area contributed by atoms with E-state index in [2.05, 4.69) is 0 Å². The Labute approximate surface area is 128 Å². The van der Waals surface area contributed by atoms with Crippen LogP contribution in [-0.4, -0.2) is 10.9 Å². The van der Waals surface area contributed by atoms with Gasteiger partial charge in [0.15, 0.2) is 11.7 Å². The number of pyridine rings is 1. The number of carbonyl (C=O) groups excluding carboxylic acids is 1. The van der Waals surface area contributed by atoms with Crippen LogP contribution in [0.5, 0.6) is 0 Å². The third-order valence-corrected chi connectivity index (χ3v) is 3.47. The predicted molar refractivity (Wildman–Crippen MR) is 79.0 cm³/mol. The number of hydrogen-bond donors (Lipinski definition) is 0. The number of benzene rings is 2. The van der Waals surface area contributed by atoms with Crippen LogP contribution in [0.2, 0.25) is 0 Å². The normalized spacial score (nSPS) is 10.9. The molecule has 116 valence electrons. The first kappa shape index (κ1) is 15.0. The molecule has 3 rings (SSSR count). The molecule has 0 bridgehead atoms. The van der Waals surface area contributed by atoms with E-state index in [1.54, 1.807) is 0 Å². The van der Waals surface area contributed by atoms with Gasteiger partial charge in [-0.25, -0.2) is 13.2 Å². The number of fused-ring (bicyclic) bond motifs is 1. The molecule has 1 heterocycles. The molecule has 0 fully saturated rings. The number of rotatable bonds is 3. The highest BCUT2D eigenvalue weighted by Gasteiger charge is 2.11. The Bertz CT molecular complexity index is 959. The fraction of sp³-hybridized carbons (Fsp3) is 0.0588. The molecule has 2 aromatic carbocycles. The summed E-state index contributed by atoms with van der Waals surface area (Å²) in [6, 6.07) is 6.54. The number of aromatic nitrogens is 1. The molecular weight excluding hydrogens is 307 g/mol. The van der Waals surface area contributed by atoms with E-state index in [9.17, 15) is 22.8 Å². The van der Waals surface area contributed by atoms with E-state index >= 15 is 0 Å². The van der Waals surface area contributed by atoms with Gasteiger partial charge in [-0.3, -0.25) is 9.59 Å². The Balaban J connectivity index is 2.23. The molecule has 0 amide bonds. The summed E-state index contributed by atoms with van der Waals surface area (Å²) in [4.78, 5) is 23.1. The lowest BCUT2D eigenvalue weighted by molar-refractivity contribution is 0.112. The summed E-state index contributed by atoms with van der Waals surface area (Å²) >= 11 is 0. The number of carbonyl (C=O) groups is 1. The zero-order chi connectivity index (χ0) is 16.6. The van der Waals surface area contributed by atoms with Crippen molar-refractivity contribution in [1.29, 1.82) is 0 Å². The van der Waals surface area contributed by atoms with Gasteiger partial charge in [-0.1, -0.05) is 0 Å². The van der Waals surface area contributed by atoms with Crippen molar-refractivity contribution >= 4 is 17.2 Å². The average molecular weight is 317 g/mol. The van der Waals surface area contributed by atoms with Crippen LogP contribution in [0.4, 0.5) is 13.2 Å². The number of nitrogens with zero attached hydrogens (tertiary/aromatic N) is 1. The Kier molecular flexibility index (Phi) is 3.73. The maximum absolute atomic E-state index is 13.5. The second-order valence-electron chi connectivity index (χ2n) is 5.10. The largest absolute Gasteiger partial charge is 0.342 e. The first-order valence-electron chi connectivity index (χ1n) is 6.71. The first-order chi connectivity index (χ1) is 11.0. The maximum atomic E-state index is 13.5. The minimum absolute atomic E-state index is 0.0181. The van der Waals surface area contributed by atoms with Gasteiger partial charge in [-0.15, -0.1) is 0 Å². The summed E-state index contributed by atoms with van der Waals surface area (Å²) < 4.78 is 41.5. The van der Waals surface area contributed by atoms with Crippen molar-refractivity contribution in [2.45, 2.75) is 6.54 Å². The minimum atomic E-state index is -0.743. The van der Waals surface area contributed by atoms with E-state index in [4.69, 9.17) is 0 Å². The lowest BCUT2D eigenvalue weighted by Crippen LogP contribution is -2.15. The summed E-state index contributed by atoms with van der Waals surface area (Å²) in [5, 5.41) is 0.160. The standard InChI is InChI=1S/C17H10F3NO2/c18-12-1-2-15-16(6-12)21(8-11(9-22)17(15)23)7-10-3-13(19)5-14(20)4-10/h1-6,8-9H,7H2. The van der Waals surface area contributed by atoms with Crippen LogP contribution in [0.1, 0.15) is 15.9 Å². The molecule has 0 atom stereocenters. The predicted octanol–water partition coefficient (Wildman–Crippen LogP) is 3.28. The number of hydrogen-bond acceptors (Lipinski definition) is 2. The van der Waals surface area contributed by atoms with Gasteiger partial charge in [-0.05, 0) is 35.9 Å². The molecule has 6 heteroatoms. The van der Waals surface area contributed by atoms with Gasteiger partial charge < -0.3 is 4.57 Å². The number of halogens is 3. The van der Waals surface area contributed by atoms with Crippen LogP contribution in [0, 0.1) is 17.5 Å². The third kappa shape index (κ3) is 2.88. The molecule has 0 unspecified atom stereocenters. The molecule has 0 aliphatic heterocycles. The van der Waals surface area contributed by atoms with Gasteiger partial charge in [0, 0.05) is 24.2 Å². The molecule has 0 radical (unpaired) electrons. The second kappa shape index (κ2) is 5.72. The van der Waals surface area contributed by atoms with E-state index < -0.39 is 22.9 Å². The first-order valence-corrected chi connectivity index (χ1v) is 6.71. The Morgan fingerprint density at radius 2 is 1.65 bits per heavy atom. The zero-order valence-electron chi connectivity index (χ0n) is 11.7. The topological polar surface area (TPSA) is 39.1 Å². The van der Waals surface area contributed by atoms with E-state index in [0.29, 0.717) is 6.29 Å². The van der Waals surface area contributed by atoms with Crippen molar-refractivity contribution in [3.8, 4) is 0 Å². The van der Waals surface area contributed by atoms with Crippen LogP contribution in [0.15, 0.2) is 47.4 Å².